The normalized spacial score (nSPS) is 16.2. The molecule has 1 aliphatic heterocycles. The zero-order valence-corrected chi connectivity index (χ0v) is 15.4. The Balaban J connectivity index is 1.54. The molecule has 4 nitrogen and oxygen atoms in total. The quantitative estimate of drug-likeness (QED) is 0.709. The van der Waals surface area contributed by atoms with Gasteiger partial charge in [-0.25, -0.2) is 4.39 Å². The highest BCUT2D eigenvalue weighted by Crippen LogP contribution is 2.29. The van der Waals surface area contributed by atoms with Gasteiger partial charge in [-0.15, -0.1) is 0 Å². The van der Waals surface area contributed by atoms with Crippen molar-refractivity contribution in [3.63, 3.8) is 0 Å². The van der Waals surface area contributed by atoms with E-state index in [1.54, 1.807) is 6.20 Å². The number of hydrogen-bond donors (Lipinski definition) is 1. The first-order valence-electron chi connectivity index (χ1n) is 9.46. The zero-order chi connectivity index (χ0) is 18.6. The van der Waals surface area contributed by atoms with Gasteiger partial charge in [0.05, 0.1) is 12.2 Å². The lowest BCUT2D eigenvalue weighted by molar-refractivity contribution is 0.226. The number of nitrogens with one attached hydrogen (secondary N) is 1. The molecule has 1 fully saturated rings. The highest BCUT2D eigenvalue weighted by Gasteiger charge is 2.17. The van der Waals surface area contributed by atoms with E-state index < -0.39 is 0 Å². The Kier molecular flexibility index (Phi) is 5.21. The third-order valence-corrected chi connectivity index (χ3v) is 5.07. The molecule has 0 radical (unpaired) electrons. The highest BCUT2D eigenvalue weighted by molar-refractivity contribution is 5.63. The van der Waals surface area contributed by atoms with Gasteiger partial charge in [-0.05, 0) is 56.1 Å². The van der Waals surface area contributed by atoms with Crippen LogP contribution in [0.25, 0.3) is 11.1 Å². The van der Waals surface area contributed by atoms with Crippen molar-refractivity contribution in [1.29, 1.82) is 0 Å². The largest absolute Gasteiger partial charge is 0.486 e. The van der Waals surface area contributed by atoms with Crippen molar-refractivity contribution in [2.24, 2.45) is 0 Å². The van der Waals surface area contributed by atoms with Gasteiger partial charge in [0.1, 0.15) is 17.7 Å². The fraction of sp³-hybridized carbons (Fsp3) is 0.318. The maximum atomic E-state index is 14.2. The molecule has 140 valence electrons. The van der Waals surface area contributed by atoms with Crippen molar-refractivity contribution < 1.29 is 9.13 Å². The molecule has 4 rings (SSSR count). The Labute approximate surface area is 159 Å². The molecule has 0 saturated carbocycles. The Morgan fingerprint density at radius 2 is 1.89 bits per heavy atom. The van der Waals surface area contributed by atoms with Crippen LogP contribution in [0.4, 0.5) is 4.39 Å². The molecule has 1 saturated heterocycles. The third-order valence-electron chi connectivity index (χ3n) is 5.07. The summed E-state index contributed by atoms with van der Waals surface area (Å²) >= 11 is 0. The summed E-state index contributed by atoms with van der Waals surface area (Å²) in [6.45, 7) is 3.99. The molecule has 0 bridgehead atoms. The smallest absolute Gasteiger partial charge is 0.127 e. The van der Waals surface area contributed by atoms with Crippen LogP contribution >= 0.6 is 0 Å². The molecule has 2 aromatic carbocycles. The molecular weight excluding hydrogens is 341 g/mol. The van der Waals surface area contributed by atoms with Gasteiger partial charge in [0, 0.05) is 17.8 Å². The summed E-state index contributed by atoms with van der Waals surface area (Å²) in [5.74, 6) is 0.216. The summed E-state index contributed by atoms with van der Waals surface area (Å²) in [5.41, 5.74) is 2.75. The Morgan fingerprint density at radius 1 is 1.11 bits per heavy atom. The van der Waals surface area contributed by atoms with Crippen LogP contribution in [-0.4, -0.2) is 22.9 Å². The number of rotatable bonds is 5. The van der Waals surface area contributed by atoms with E-state index >= 15 is 0 Å². The van der Waals surface area contributed by atoms with Crippen LogP contribution in [0.3, 0.4) is 0 Å². The molecule has 1 aliphatic rings. The van der Waals surface area contributed by atoms with Crippen molar-refractivity contribution in [1.82, 2.24) is 15.1 Å². The van der Waals surface area contributed by atoms with Gasteiger partial charge in [-0.2, -0.15) is 5.10 Å². The first kappa shape index (κ1) is 17.7. The van der Waals surface area contributed by atoms with Gasteiger partial charge in [0.25, 0.3) is 0 Å². The molecule has 27 heavy (non-hydrogen) atoms. The predicted molar refractivity (Wildman–Crippen MR) is 104 cm³/mol. The minimum absolute atomic E-state index is 0.154. The molecule has 0 spiro atoms. The number of nitrogens with zero attached hydrogens (tertiary/aromatic N) is 2. The molecule has 1 N–H and O–H groups in total. The van der Waals surface area contributed by atoms with Crippen LogP contribution in [0, 0.1) is 5.82 Å². The first-order chi connectivity index (χ1) is 13.2. The zero-order valence-electron chi connectivity index (χ0n) is 15.4. The number of piperidine rings is 1. The van der Waals surface area contributed by atoms with Gasteiger partial charge >= 0.3 is 0 Å². The lowest BCUT2D eigenvalue weighted by Gasteiger charge is -2.22. The van der Waals surface area contributed by atoms with Crippen molar-refractivity contribution in [2.45, 2.75) is 31.9 Å². The fourth-order valence-corrected chi connectivity index (χ4v) is 3.55. The van der Waals surface area contributed by atoms with Gasteiger partial charge in [0.15, 0.2) is 0 Å². The number of hydrogen-bond acceptors (Lipinski definition) is 3. The van der Waals surface area contributed by atoms with E-state index in [-0.39, 0.29) is 11.9 Å². The van der Waals surface area contributed by atoms with Crippen LogP contribution in [-0.2, 0) is 0 Å². The summed E-state index contributed by atoms with van der Waals surface area (Å²) in [5, 5.41) is 7.87. The summed E-state index contributed by atoms with van der Waals surface area (Å²) in [6.07, 6.45) is 5.79. The van der Waals surface area contributed by atoms with E-state index in [1.807, 2.05) is 54.2 Å². The SMILES string of the molecule is CC(Oc1cc(F)cc(-c2cnn(C3CCNCC3)c2)c1)c1ccccc1. The van der Waals surface area contributed by atoms with Gasteiger partial charge in [0.2, 0.25) is 0 Å². The molecule has 1 atom stereocenters. The maximum absolute atomic E-state index is 14.2. The minimum atomic E-state index is -0.308. The van der Waals surface area contributed by atoms with Crippen LogP contribution < -0.4 is 10.1 Å². The Hall–Kier alpha value is -2.66. The summed E-state index contributed by atoms with van der Waals surface area (Å²) in [7, 11) is 0. The van der Waals surface area contributed by atoms with E-state index in [1.165, 1.54) is 12.1 Å². The second kappa shape index (κ2) is 7.92. The predicted octanol–water partition coefficient (Wildman–Crippen LogP) is 4.75. The number of aromatic nitrogens is 2. The molecule has 0 amide bonds. The molecule has 3 aromatic rings. The number of ether oxygens (including phenoxy) is 1. The van der Waals surface area contributed by atoms with Crippen LogP contribution in [0.2, 0.25) is 0 Å². The monoisotopic (exact) mass is 365 g/mol. The summed E-state index contributed by atoms with van der Waals surface area (Å²) < 4.78 is 22.2. The molecule has 5 heteroatoms. The molecule has 2 heterocycles. The van der Waals surface area contributed by atoms with Gasteiger partial charge in [-0.3, -0.25) is 4.68 Å². The lowest BCUT2D eigenvalue weighted by atomic mass is 10.1. The lowest BCUT2D eigenvalue weighted by Crippen LogP contribution is -2.29. The van der Waals surface area contributed by atoms with Gasteiger partial charge in [-0.1, -0.05) is 30.3 Å². The first-order valence-corrected chi connectivity index (χ1v) is 9.46. The van der Waals surface area contributed by atoms with E-state index in [4.69, 9.17) is 4.74 Å². The van der Waals surface area contributed by atoms with Gasteiger partial charge < -0.3 is 10.1 Å². The standard InChI is InChI=1S/C22H24FN3O/c1-16(17-5-3-2-4-6-17)27-22-12-18(11-20(23)13-22)19-14-25-26(15-19)21-7-9-24-10-8-21/h2-6,11-16,21,24H,7-10H2,1H3. The number of benzene rings is 2. The van der Waals surface area contributed by atoms with Crippen molar-refractivity contribution in [2.75, 3.05) is 13.1 Å². The van der Waals surface area contributed by atoms with E-state index in [0.29, 0.717) is 11.8 Å². The average Bonchev–Trinajstić information content (AvgIpc) is 3.19. The maximum Gasteiger partial charge on any atom is 0.127 e. The van der Waals surface area contributed by atoms with Crippen molar-refractivity contribution in [3.8, 4) is 16.9 Å². The second-order valence-electron chi connectivity index (χ2n) is 7.04. The van der Waals surface area contributed by atoms with Crippen LogP contribution in [0.1, 0.15) is 37.5 Å². The van der Waals surface area contributed by atoms with Crippen LogP contribution in [0.5, 0.6) is 5.75 Å². The molecule has 1 aromatic heterocycles. The molecule has 1 unspecified atom stereocenters. The van der Waals surface area contributed by atoms with Crippen molar-refractivity contribution in [3.05, 3.63) is 72.3 Å². The minimum Gasteiger partial charge on any atom is -0.486 e. The van der Waals surface area contributed by atoms with E-state index in [0.717, 1.165) is 42.6 Å². The third kappa shape index (κ3) is 4.19. The second-order valence-corrected chi connectivity index (χ2v) is 7.04. The average molecular weight is 365 g/mol. The van der Waals surface area contributed by atoms with Crippen molar-refractivity contribution >= 4 is 0 Å². The Morgan fingerprint density at radius 3 is 2.67 bits per heavy atom. The van der Waals surface area contributed by atoms with Crippen LogP contribution in [0.15, 0.2) is 60.9 Å². The Bertz CT molecular complexity index is 888. The van der Waals surface area contributed by atoms with E-state index in [9.17, 15) is 4.39 Å². The molecule has 0 aliphatic carbocycles. The summed E-state index contributed by atoms with van der Waals surface area (Å²) in [6, 6.07) is 15.2. The summed E-state index contributed by atoms with van der Waals surface area (Å²) in [4.78, 5) is 0. The number of halogens is 1. The van der Waals surface area contributed by atoms with E-state index in [2.05, 4.69) is 10.4 Å². The highest BCUT2D eigenvalue weighted by atomic mass is 19.1. The molecular formula is C22H24FN3O. The fourth-order valence-electron chi connectivity index (χ4n) is 3.55. The topological polar surface area (TPSA) is 39.1 Å².